The largest absolute Gasteiger partial charge is 0.484 e. The summed E-state index contributed by atoms with van der Waals surface area (Å²) in [5, 5.41) is 2.69. The van der Waals surface area contributed by atoms with Gasteiger partial charge in [0.05, 0.1) is 0 Å². The topological polar surface area (TPSA) is 96.5 Å². The summed E-state index contributed by atoms with van der Waals surface area (Å²) in [5.74, 6) is -0.453. The Morgan fingerprint density at radius 3 is 2.33 bits per heavy atom. The minimum absolute atomic E-state index is 0.107. The number of hydrogen-bond acceptors (Lipinski definition) is 4. The predicted molar refractivity (Wildman–Crippen MR) is 102 cm³/mol. The summed E-state index contributed by atoms with van der Waals surface area (Å²) < 4.78 is 5.41. The number of hydrogen-bond donors (Lipinski definition) is 3. The van der Waals surface area contributed by atoms with E-state index in [-0.39, 0.29) is 12.5 Å². The molecule has 0 spiro atoms. The molecule has 0 aliphatic heterocycles. The predicted octanol–water partition coefficient (Wildman–Crippen LogP) is 2.44. The van der Waals surface area contributed by atoms with Gasteiger partial charge in [-0.2, -0.15) is 0 Å². The van der Waals surface area contributed by atoms with Crippen LogP contribution < -0.4 is 20.9 Å². The van der Waals surface area contributed by atoms with Gasteiger partial charge in [-0.3, -0.25) is 25.2 Å². The quantitative estimate of drug-likeness (QED) is 0.653. The van der Waals surface area contributed by atoms with E-state index in [9.17, 15) is 14.4 Å². The fourth-order valence-electron chi connectivity index (χ4n) is 2.19. The number of benzene rings is 2. The first-order valence-electron chi connectivity index (χ1n) is 8.72. The average Bonchev–Trinajstić information content (AvgIpc) is 2.71. The van der Waals surface area contributed by atoms with Crippen LogP contribution in [0, 0.1) is 0 Å². The Balaban J connectivity index is 1.78. The fourth-order valence-corrected chi connectivity index (χ4v) is 2.19. The third kappa shape index (κ3) is 6.47. The molecule has 0 radical (unpaired) electrons. The van der Waals surface area contributed by atoms with E-state index in [2.05, 4.69) is 16.2 Å². The Kier molecular flexibility index (Phi) is 7.37. The lowest BCUT2D eigenvalue weighted by Crippen LogP contribution is -2.43. The van der Waals surface area contributed by atoms with E-state index in [0.717, 1.165) is 12.0 Å². The zero-order chi connectivity index (χ0) is 19.6. The third-order valence-corrected chi connectivity index (χ3v) is 3.74. The molecule has 2 rings (SSSR count). The Bertz CT molecular complexity index is 803. The molecule has 0 fully saturated rings. The van der Waals surface area contributed by atoms with E-state index in [0.29, 0.717) is 23.4 Å². The first-order valence-corrected chi connectivity index (χ1v) is 8.72. The molecule has 0 unspecified atom stereocenters. The second kappa shape index (κ2) is 9.96. The van der Waals surface area contributed by atoms with Gasteiger partial charge in [0.25, 0.3) is 11.8 Å². The number of amides is 3. The monoisotopic (exact) mass is 369 g/mol. The number of nitrogens with one attached hydrogen (secondary N) is 3. The van der Waals surface area contributed by atoms with Crippen molar-refractivity contribution >= 4 is 23.4 Å². The van der Waals surface area contributed by atoms with E-state index in [4.69, 9.17) is 4.74 Å². The summed E-state index contributed by atoms with van der Waals surface area (Å²) in [6.45, 7) is 3.57. The van der Waals surface area contributed by atoms with Crippen LogP contribution >= 0.6 is 0 Å². The van der Waals surface area contributed by atoms with E-state index in [1.54, 1.807) is 37.3 Å². The van der Waals surface area contributed by atoms with Crippen LogP contribution in [0.25, 0.3) is 0 Å². The number of carbonyl (C=O) groups excluding carboxylic acids is 3. The zero-order valence-corrected chi connectivity index (χ0v) is 15.4. The van der Waals surface area contributed by atoms with E-state index >= 15 is 0 Å². The molecule has 0 saturated carbocycles. The van der Waals surface area contributed by atoms with Crippen LogP contribution in [0.15, 0.2) is 48.5 Å². The Morgan fingerprint density at radius 1 is 0.926 bits per heavy atom. The van der Waals surface area contributed by atoms with Crippen LogP contribution in [0.1, 0.15) is 36.2 Å². The number of aryl methyl sites for hydroxylation is 1. The minimum atomic E-state index is -0.475. The van der Waals surface area contributed by atoms with Crippen molar-refractivity contribution in [2.45, 2.75) is 26.7 Å². The highest BCUT2D eigenvalue weighted by Gasteiger charge is 2.09. The lowest BCUT2D eigenvalue weighted by atomic mass is 10.2. The Morgan fingerprint density at radius 2 is 1.67 bits per heavy atom. The molecule has 7 heteroatoms. The summed E-state index contributed by atoms with van der Waals surface area (Å²) in [5.41, 5.74) is 6.69. The first kappa shape index (κ1) is 20.0. The zero-order valence-electron chi connectivity index (χ0n) is 15.4. The molecule has 0 bridgehead atoms. The Labute approximate surface area is 158 Å². The smallest absolute Gasteiger partial charge is 0.276 e. The van der Waals surface area contributed by atoms with Crippen LogP contribution in [0.5, 0.6) is 5.75 Å². The molecule has 142 valence electrons. The summed E-state index contributed by atoms with van der Waals surface area (Å²) >= 11 is 0. The first-order chi connectivity index (χ1) is 13.0. The molecule has 3 amide bonds. The maximum absolute atomic E-state index is 12.0. The summed E-state index contributed by atoms with van der Waals surface area (Å²) in [4.78, 5) is 35.2. The van der Waals surface area contributed by atoms with Crippen LogP contribution in [0.3, 0.4) is 0 Å². The van der Waals surface area contributed by atoms with Gasteiger partial charge in [0.15, 0.2) is 6.61 Å². The molecular formula is C20H23N3O4. The molecule has 0 aromatic heterocycles. The van der Waals surface area contributed by atoms with Gasteiger partial charge < -0.3 is 10.1 Å². The number of ether oxygens (including phenoxy) is 1. The van der Waals surface area contributed by atoms with Gasteiger partial charge in [-0.15, -0.1) is 0 Å². The summed E-state index contributed by atoms with van der Waals surface area (Å²) in [6.07, 6.45) is 1.25. The van der Waals surface area contributed by atoms with Crippen molar-refractivity contribution < 1.29 is 19.1 Å². The number of hydrazine groups is 1. The molecule has 27 heavy (non-hydrogen) atoms. The highest BCUT2D eigenvalue weighted by molar-refractivity contribution is 5.96. The Hall–Kier alpha value is -3.35. The maximum Gasteiger partial charge on any atom is 0.276 e. The summed E-state index contributed by atoms with van der Waals surface area (Å²) in [7, 11) is 0. The van der Waals surface area contributed by atoms with E-state index in [1.807, 2.05) is 25.1 Å². The van der Waals surface area contributed by atoms with Crippen LogP contribution in [0.2, 0.25) is 0 Å². The number of carbonyl (C=O) groups is 3. The molecule has 0 aliphatic rings. The lowest BCUT2D eigenvalue weighted by Gasteiger charge is -2.10. The van der Waals surface area contributed by atoms with Crippen LogP contribution in [-0.2, 0) is 16.0 Å². The van der Waals surface area contributed by atoms with Crippen molar-refractivity contribution in [3.8, 4) is 5.75 Å². The van der Waals surface area contributed by atoms with Crippen molar-refractivity contribution in [3.05, 3.63) is 59.7 Å². The second-order valence-electron chi connectivity index (χ2n) is 5.77. The normalized spacial score (nSPS) is 10.0. The molecule has 3 N–H and O–H groups in total. The van der Waals surface area contributed by atoms with Gasteiger partial charge in [0, 0.05) is 17.7 Å². The fraction of sp³-hybridized carbons (Fsp3) is 0.250. The molecule has 0 heterocycles. The van der Waals surface area contributed by atoms with E-state index < -0.39 is 11.8 Å². The SMILES string of the molecule is CCC(=O)Nc1ccc(C(=O)NNC(=O)COc2cccc(CC)c2)cc1. The molecule has 0 saturated heterocycles. The van der Waals surface area contributed by atoms with Crippen LogP contribution in [-0.4, -0.2) is 24.3 Å². The standard InChI is InChI=1S/C20H23N3O4/c1-3-14-6-5-7-17(12-14)27-13-19(25)22-23-20(26)15-8-10-16(11-9-15)21-18(24)4-2/h5-12H,3-4,13H2,1-2H3,(H,21,24)(H,22,25)(H,23,26). The van der Waals surface area contributed by atoms with Crippen molar-refractivity contribution in [2.75, 3.05) is 11.9 Å². The molecule has 2 aromatic carbocycles. The van der Waals surface area contributed by atoms with Crippen molar-refractivity contribution in [3.63, 3.8) is 0 Å². The maximum atomic E-state index is 12.0. The van der Waals surface area contributed by atoms with Gasteiger partial charge in [-0.25, -0.2) is 0 Å². The van der Waals surface area contributed by atoms with Gasteiger partial charge in [0.1, 0.15) is 5.75 Å². The third-order valence-electron chi connectivity index (χ3n) is 3.74. The van der Waals surface area contributed by atoms with Crippen molar-refractivity contribution in [1.29, 1.82) is 0 Å². The number of anilines is 1. The highest BCUT2D eigenvalue weighted by atomic mass is 16.5. The molecule has 7 nitrogen and oxygen atoms in total. The average molecular weight is 369 g/mol. The molecular weight excluding hydrogens is 346 g/mol. The van der Waals surface area contributed by atoms with E-state index in [1.165, 1.54) is 0 Å². The number of rotatable bonds is 7. The lowest BCUT2D eigenvalue weighted by molar-refractivity contribution is -0.123. The minimum Gasteiger partial charge on any atom is -0.484 e. The molecule has 0 atom stereocenters. The van der Waals surface area contributed by atoms with Gasteiger partial charge >= 0.3 is 0 Å². The highest BCUT2D eigenvalue weighted by Crippen LogP contribution is 2.13. The van der Waals surface area contributed by atoms with Gasteiger partial charge in [0.2, 0.25) is 5.91 Å². The van der Waals surface area contributed by atoms with Crippen LogP contribution in [0.4, 0.5) is 5.69 Å². The van der Waals surface area contributed by atoms with Crippen molar-refractivity contribution in [2.24, 2.45) is 0 Å². The molecule has 0 aliphatic carbocycles. The second-order valence-corrected chi connectivity index (χ2v) is 5.77. The van der Waals surface area contributed by atoms with Crippen molar-refractivity contribution in [1.82, 2.24) is 10.9 Å². The summed E-state index contributed by atoms with van der Waals surface area (Å²) in [6, 6.07) is 13.8. The molecule has 2 aromatic rings. The van der Waals surface area contributed by atoms with Gasteiger partial charge in [-0.05, 0) is 48.4 Å². The van der Waals surface area contributed by atoms with Gasteiger partial charge in [-0.1, -0.05) is 26.0 Å².